The predicted molar refractivity (Wildman–Crippen MR) is 154 cm³/mol. The first kappa shape index (κ1) is 24.9. The quantitative estimate of drug-likeness (QED) is 0.312. The van der Waals surface area contributed by atoms with Gasteiger partial charge in [0.15, 0.2) is 5.82 Å². The number of piperazine rings is 1. The lowest BCUT2D eigenvalue weighted by molar-refractivity contribution is -0.126. The molecule has 2 bridgehead atoms. The van der Waals surface area contributed by atoms with Gasteiger partial charge in [-0.2, -0.15) is 0 Å². The molecule has 2 fully saturated rings. The molecule has 1 amide bonds. The fourth-order valence-electron chi connectivity index (χ4n) is 5.79. The summed E-state index contributed by atoms with van der Waals surface area (Å²) < 4.78 is 7.88. The number of anilines is 3. The van der Waals surface area contributed by atoms with E-state index in [0.29, 0.717) is 41.6 Å². The van der Waals surface area contributed by atoms with Crippen molar-refractivity contribution in [2.45, 2.75) is 31.8 Å². The number of nitrogens with zero attached hydrogens (tertiary/aromatic N) is 9. The van der Waals surface area contributed by atoms with E-state index in [1.165, 1.54) is 12.4 Å². The second kappa shape index (κ2) is 9.81. The Bertz CT molecular complexity index is 1800. The zero-order chi connectivity index (χ0) is 28.1. The highest BCUT2D eigenvalue weighted by Gasteiger charge is 2.42. The largest absolute Gasteiger partial charge is 0.457 e. The van der Waals surface area contributed by atoms with Crippen molar-refractivity contribution in [2.75, 3.05) is 23.3 Å². The minimum absolute atomic E-state index is 0.0286. The summed E-state index contributed by atoms with van der Waals surface area (Å²) in [5, 5.41) is 11.6. The fraction of sp³-hybridized carbons (Fsp3) is 0.276. The van der Waals surface area contributed by atoms with Crippen molar-refractivity contribution in [3.8, 4) is 11.5 Å². The molecule has 7 rings (SSSR count). The fourth-order valence-corrected chi connectivity index (χ4v) is 5.79. The average Bonchev–Trinajstić information content (AvgIpc) is 3.48. The number of hydrogen-bond donors (Lipinski definition) is 1. The van der Waals surface area contributed by atoms with Crippen LogP contribution in [0.25, 0.3) is 22.1 Å². The summed E-state index contributed by atoms with van der Waals surface area (Å²) in [6, 6.07) is 11.9. The maximum Gasteiger partial charge on any atom is 0.246 e. The second-order valence-corrected chi connectivity index (χ2v) is 10.4. The Morgan fingerprint density at radius 2 is 1.90 bits per heavy atom. The number of benzene rings is 2. The van der Waals surface area contributed by atoms with Gasteiger partial charge in [-0.3, -0.25) is 4.79 Å². The van der Waals surface area contributed by atoms with Gasteiger partial charge in [0.05, 0.1) is 11.7 Å². The van der Waals surface area contributed by atoms with Crippen LogP contribution in [-0.2, 0) is 11.8 Å². The number of hydrogen-bond acceptors (Lipinski definition) is 10. The van der Waals surface area contributed by atoms with Crippen LogP contribution in [0.5, 0.6) is 11.5 Å². The van der Waals surface area contributed by atoms with E-state index in [9.17, 15) is 4.79 Å². The molecule has 2 aliphatic rings. The number of carbonyl (C=O) groups is 1. The van der Waals surface area contributed by atoms with Crippen LogP contribution < -0.4 is 15.0 Å². The van der Waals surface area contributed by atoms with Crippen LogP contribution in [0.15, 0.2) is 61.6 Å². The highest BCUT2D eigenvalue weighted by molar-refractivity contribution is 5.88. The molecule has 3 aromatic heterocycles. The molecule has 2 aromatic carbocycles. The first-order valence-electron chi connectivity index (χ1n) is 13.5. The maximum absolute atomic E-state index is 12.2. The van der Waals surface area contributed by atoms with Gasteiger partial charge in [-0.05, 0) is 61.7 Å². The minimum atomic E-state index is -0.0286. The van der Waals surface area contributed by atoms with Gasteiger partial charge < -0.3 is 19.9 Å². The summed E-state index contributed by atoms with van der Waals surface area (Å²) in [6.45, 7) is 6.91. The molecule has 2 atom stereocenters. The number of fused-ring (bicyclic) bond motifs is 4. The molecule has 5 heterocycles. The Kier molecular flexibility index (Phi) is 5.95. The van der Waals surface area contributed by atoms with Crippen LogP contribution in [0.3, 0.4) is 0 Å². The molecule has 41 heavy (non-hydrogen) atoms. The van der Waals surface area contributed by atoms with Crippen molar-refractivity contribution >= 4 is 45.4 Å². The maximum atomic E-state index is 12.2. The second-order valence-electron chi connectivity index (χ2n) is 10.4. The number of rotatable bonds is 6. The molecule has 12 heteroatoms. The molecule has 1 N–H and O–H groups in total. The van der Waals surface area contributed by atoms with Crippen LogP contribution >= 0.6 is 0 Å². The molecule has 12 nitrogen and oxygen atoms in total. The number of amides is 1. The molecular weight excluding hydrogens is 520 g/mol. The first-order chi connectivity index (χ1) is 20.0. The normalized spacial score (nSPS) is 18.2. The standard InChI is InChI=1S/C29H28N10O2/c1-4-26(40)38-14-19-6-7-20(15-38)39(19)29-30-13-23-27(34-29)28(32-16-31-23)33-18-5-10-25(17(2)11-18)41-21-8-9-24-22(12-21)35-36-37(24)3/h4-5,8-13,16,19-20H,1,6-7,14-15H2,2-3H3,(H,31,32,33). The van der Waals surface area contributed by atoms with E-state index in [-0.39, 0.29) is 18.0 Å². The summed E-state index contributed by atoms with van der Waals surface area (Å²) in [4.78, 5) is 34.8. The van der Waals surface area contributed by atoms with E-state index < -0.39 is 0 Å². The van der Waals surface area contributed by atoms with E-state index in [4.69, 9.17) is 9.72 Å². The molecule has 2 unspecified atom stereocenters. The minimum Gasteiger partial charge on any atom is -0.457 e. The topological polar surface area (TPSA) is 127 Å². The molecule has 2 saturated heterocycles. The Morgan fingerprint density at radius 1 is 1.07 bits per heavy atom. The third-order valence-corrected chi connectivity index (χ3v) is 7.81. The lowest BCUT2D eigenvalue weighted by Gasteiger charge is -2.40. The van der Waals surface area contributed by atoms with Gasteiger partial charge in [0.2, 0.25) is 11.9 Å². The van der Waals surface area contributed by atoms with Crippen LogP contribution in [0.2, 0.25) is 0 Å². The van der Waals surface area contributed by atoms with Crippen molar-refractivity contribution in [3.05, 3.63) is 67.1 Å². The van der Waals surface area contributed by atoms with Crippen LogP contribution in [0.4, 0.5) is 17.5 Å². The molecular formula is C29H28N10O2. The average molecular weight is 549 g/mol. The number of carbonyl (C=O) groups excluding carboxylic acids is 1. The van der Waals surface area contributed by atoms with E-state index in [1.54, 1.807) is 10.9 Å². The zero-order valence-electron chi connectivity index (χ0n) is 22.7. The third kappa shape index (κ3) is 4.46. The molecule has 2 aliphatic heterocycles. The van der Waals surface area contributed by atoms with Gasteiger partial charge in [0.1, 0.15) is 34.4 Å². The SMILES string of the molecule is C=CC(=O)N1CC2CCC(C1)N2c1ncc2ncnc(Nc3ccc(Oc4ccc5c(c4)nnn5C)c(C)c3)c2n1. The van der Waals surface area contributed by atoms with Gasteiger partial charge >= 0.3 is 0 Å². The number of nitrogens with one attached hydrogen (secondary N) is 1. The van der Waals surface area contributed by atoms with E-state index in [0.717, 1.165) is 40.9 Å². The van der Waals surface area contributed by atoms with E-state index in [2.05, 4.69) is 42.1 Å². The van der Waals surface area contributed by atoms with E-state index in [1.807, 2.05) is 55.3 Å². The lowest BCUT2D eigenvalue weighted by Crippen LogP contribution is -2.55. The molecule has 5 aromatic rings. The number of aromatic nitrogens is 7. The Hall–Kier alpha value is -5.13. The van der Waals surface area contributed by atoms with Crippen LogP contribution in [0.1, 0.15) is 18.4 Å². The summed E-state index contributed by atoms with van der Waals surface area (Å²) in [6.07, 6.45) is 6.61. The van der Waals surface area contributed by atoms with Crippen LogP contribution in [0, 0.1) is 6.92 Å². The summed E-state index contributed by atoms with van der Waals surface area (Å²) >= 11 is 0. The lowest BCUT2D eigenvalue weighted by atomic mass is 10.2. The van der Waals surface area contributed by atoms with Crippen molar-refractivity contribution in [1.82, 2.24) is 39.8 Å². The van der Waals surface area contributed by atoms with E-state index >= 15 is 0 Å². The Morgan fingerprint density at radius 3 is 2.68 bits per heavy atom. The number of likely N-dealkylation sites (tertiary alicyclic amines) is 1. The van der Waals surface area contributed by atoms with Crippen molar-refractivity contribution in [3.63, 3.8) is 0 Å². The third-order valence-electron chi connectivity index (χ3n) is 7.81. The van der Waals surface area contributed by atoms with Gasteiger partial charge in [-0.15, -0.1) is 5.10 Å². The smallest absolute Gasteiger partial charge is 0.246 e. The van der Waals surface area contributed by atoms with Gasteiger partial charge in [-0.25, -0.2) is 24.6 Å². The molecule has 0 saturated carbocycles. The summed E-state index contributed by atoms with van der Waals surface area (Å²) in [7, 11) is 1.86. The van der Waals surface area contributed by atoms with Crippen LogP contribution in [-0.4, -0.2) is 70.9 Å². The number of aryl methyl sites for hydroxylation is 2. The van der Waals surface area contributed by atoms with Crippen molar-refractivity contribution in [1.29, 1.82) is 0 Å². The molecule has 0 aliphatic carbocycles. The Balaban J connectivity index is 1.13. The zero-order valence-corrected chi connectivity index (χ0v) is 22.7. The monoisotopic (exact) mass is 548 g/mol. The van der Waals surface area contributed by atoms with Gasteiger partial charge in [-0.1, -0.05) is 11.8 Å². The Labute approximate surface area is 235 Å². The highest BCUT2D eigenvalue weighted by atomic mass is 16.5. The van der Waals surface area contributed by atoms with Crippen molar-refractivity contribution in [2.24, 2.45) is 7.05 Å². The first-order valence-corrected chi connectivity index (χ1v) is 13.5. The molecule has 0 radical (unpaired) electrons. The molecule has 206 valence electrons. The predicted octanol–water partition coefficient (Wildman–Crippen LogP) is 3.91. The summed E-state index contributed by atoms with van der Waals surface area (Å²) in [5.74, 6) is 2.62. The summed E-state index contributed by atoms with van der Waals surface area (Å²) in [5.41, 5.74) is 4.79. The number of ether oxygens (including phenoxy) is 1. The van der Waals surface area contributed by atoms with Gasteiger partial charge in [0, 0.05) is 44.0 Å². The van der Waals surface area contributed by atoms with Gasteiger partial charge in [0.25, 0.3) is 0 Å². The molecule has 0 spiro atoms. The van der Waals surface area contributed by atoms with Crippen molar-refractivity contribution < 1.29 is 9.53 Å². The highest BCUT2D eigenvalue weighted by Crippen LogP contribution is 2.35.